The Morgan fingerprint density at radius 2 is 2.11 bits per heavy atom. The molecule has 0 aliphatic carbocycles. The highest BCUT2D eigenvalue weighted by Gasteiger charge is 2.23. The van der Waals surface area contributed by atoms with E-state index in [1.807, 2.05) is 58.0 Å². The molecule has 1 amide bonds. The number of rotatable bonds is 6. The number of hydrogen-bond donors (Lipinski definition) is 2. The van der Waals surface area contributed by atoms with E-state index < -0.39 is 6.04 Å². The summed E-state index contributed by atoms with van der Waals surface area (Å²) in [4.78, 5) is 12.6. The van der Waals surface area contributed by atoms with E-state index in [2.05, 4.69) is 26.6 Å². The Balaban J connectivity index is 1.75. The third-order valence-electron chi connectivity index (χ3n) is 4.45. The fourth-order valence-electron chi connectivity index (χ4n) is 3.09. The molecule has 1 heterocycles. The quantitative estimate of drug-likeness (QED) is 0.679. The third kappa shape index (κ3) is 4.56. The highest BCUT2D eigenvalue weighted by atomic mass is 79.9. The average molecular weight is 433 g/mol. The van der Waals surface area contributed by atoms with E-state index in [0.717, 1.165) is 44.9 Å². The van der Waals surface area contributed by atoms with Gasteiger partial charge in [-0.15, -0.1) is 0 Å². The van der Waals surface area contributed by atoms with Gasteiger partial charge in [0.1, 0.15) is 23.6 Å². The molecular formula is C21H25BrN2O3. The first kappa shape index (κ1) is 19.5. The molecule has 1 aliphatic heterocycles. The summed E-state index contributed by atoms with van der Waals surface area (Å²) in [6.07, 6.45) is 1.03. The molecule has 2 aromatic rings. The molecule has 5 nitrogen and oxygen atoms in total. The molecule has 1 aliphatic rings. The van der Waals surface area contributed by atoms with Crippen LogP contribution in [0.5, 0.6) is 11.5 Å². The second-order valence-corrected chi connectivity index (χ2v) is 7.71. The van der Waals surface area contributed by atoms with Gasteiger partial charge in [0, 0.05) is 22.5 Å². The highest BCUT2D eigenvalue weighted by Crippen LogP contribution is 2.38. The molecule has 0 unspecified atom stereocenters. The van der Waals surface area contributed by atoms with E-state index in [-0.39, 0.29) is 12.0 Å². The SMILES string of the molecule is CCOc1cc2c(cc1N[C@@H](C)C(=O)Nc1ccc(C)cc1Br)O[C@H](C)C2. The van der Waals surface area contributed by atoms with Crippen LogP contribution in [0, 0.1) is 6.92 Å². The molecule has 2 atom stereocenters. The van der Waals surface area contributed by atoms with Crippen molar-refractivity contribution in [1.29, 1.82) is 0 Å². The topological polar surface area (TPSA) is 59.6 Å². The molecule has 6 heteroatoms. The van der Waals surface area contributed by atoms with Crippen LogP contribution in [-0.4, -0.2) is 24.7 Å². The van der Waals surface area contributed by atoms with E-state index in [1.165, 1.54) is 0 Å². The van der Waals surface area contributed by atoms with Gasteiger partial charge >= 0.3 is 0 Å². The highest BCUT2D eigenvalue weighted by molar-refractivity contribution is 9.10. The Kier molecular flexibility index (Phi) is 5.95. The van der Waals surface area contributed by atoms with Crippen LogP contribution in [0.3, 0.4) is 0 Å². The number of anilines is 2. The van der Waals surface area contributed by atoms with Crippen molar-refractivity contribution in [3.63, 3.8) is 0 Å². The number of aryl methyl sites for hydroxylation is 1. The van der Waals surface area contributed by atoms with E-state index >= 15 is 0 Å². The van der Waals surface area contributed by atoms with Gasteiger partial charge in [0.2, 0.25) is 5.91 Å². The van der Waals surface area contributed by atoms with Crippen molar-refractivity contribution >= 4 is 33.2 Å². The molecule has 0 saturated heterocycles. The number of carbonyl (C=O) groups excluding carboxylic acids is 1. The van der Waals surface area contributed by atoms with Crippen molar-refractivity contribution in [2.24, 2.45) is 0 Å². The normalized spacial score (nSPS) is 16.3. The monoisotopic (exact) mass is 432 g/mol. The Morgan fingerprint density at radius 1 is 1.33 bits per heavy atom. The van der Waals surface area contributed by atoms with Crippen LogP contribution in [-0.2, 0) is 11.2 Å². The fourth-order valence-corrected chi connectivity index (χ4v) is 3.68. The summed E-state index contributed by atoms with van der Waals surface area (Å²) in [6.45, 7) is 8.38. The largest absolute Gasteiger partial charge is 0.492 e. The average Bonchev–Trinajstić information content (AvgIpc) is 2.96. The van der Waals surface area contributed by atoms with Crippen LogP contribution >= 0.6 is 15.9 Å². The maximum absolute atomic E-state index is 12.6. The van der Waals surface area contributed by atoms with Crippen molar-refractivity contribution in [1.82, 2.24) is 0 Å². The molecule has 0 fully saturated rings. The Bertz CT molecular complexity index is 854. The van der Waals surface area contributed by atoms with Crippen molar-refractivity contribution in [2.45, 2.75) is 46.3 Å². The summed E-state index contributed by atoms with van der Waals surface area (Å²) in [7, 11) is 0. The molecule has 144 valence electrons. The van der Waals surface area contributed by atoms with Gasteiger partial charge in [0.05, 0.1) is 18.0 Å². The fraction of sp³-hybridized carbons (Fsp3) is 0.381. The first-order chi connectivity index (χ1) is 12.9. The molecule has 0 radical (unpaired) electrons. The number of nitrogens with one attached hydrogen (secondary N) is 2. The predicted molar refractivity (Wildman–Crippen MR) is 112 cm³/mol. The zero-order valence-corrected chi connectivity index (χ0v) is 17.6. The van der Waals surface area contributed by atoms with Crippen molar-refractivity contribution < 1.29 is 14.3 Å². The molecular weight excluding hydrogens is 408 g/mol. The lowest BCUT2D eigenvalue weighted by Gasteiger charge is -2.19. The Labute approximate surface area is 168 Å². The number of hydrogen-bond acceptors (Lipinski definition) is 4. The predicted octanol–water partition coefficient (Wildman–Crippen LogP) is 4.92. The Hall–Kier alpha value is -2.21. The van der Waals surface area contributed by atoms with Crippen molar-refractivity contribution in [3.8, 4) is 11.5 Å². The van der Waals surface area contributed by atoms with Gasteiger partial charge in [0.25, 0.3) is 0 Å². The van der Waals surface area contributed by atoms with E-state index in [9.17, 15) is 4.79 Å². The van der Waals surface area contributed by atoms with Crippen LogP contribution in [0.25, 0.3) is 0 Å². The smallest absolute Gasteiger partial charge is 0.246 e. The summed E-state index contributed by atoms with van der Waals surface area (Å²) in [6, 6.07) is 9.31. The van der Waals surface area contributed by atoms with Crippen molar-refractivity contribution in [2.75, 3.05) is 17.2 Å². The van der Waals surface area contributed by atoms with Gasteiger partial charge in [-0.1, -0.05) is 6.07 Å². The molecule has 2 aromatic carbocycles. The summed E-state index contributed by atoms with van der Waals surface area (Å²) < 4.78 is 12.5. The maximum Gasteiger partial charge on any atom is 0.246 e. The summed E-state index contributed by atoms with van der Waals surface area (Å²) >= 11 is 3.49. The lowest BCUT2D eigenvalue weighted by atomic mass is 10.1. The lowest BCUT2D eigenvalue weighted by Crippen LogP contribution is -2.32. The first-order valence-corrected chi connectivity index (χ1v) is 9.96. The second-order valence-electron chi connectivity index (χ2n) is 6.86. The Morgan fingerprint density at radius 3 is 2.81 bits per heavy atom. The van der Waals surface area contributed by atoms with Crippen LogP contribution in [0.4, 0.5) is 11.4 Å². The number of carbonyl (C=O) groups is 1. The minimum absolute atomic E-state index is 0.128. The summed E-state index contributed by atoms with van der Waals surface area (Å²) in [5, 5.41) is 6.21. The zero-order valence-electron chi connectivity index (χ0n) is 16.1. The number of amides is 1. The minimum atomic E-state index is -0.450. The first-order valence-electron chi connectivity index (χ1n) is 9.17. The number of fused-ring (bicyclic) bond motifs is 1. The van der Waals surface area contributed by atoms with Crippen LogP contribution in [0.15, 0.2) is 34.8 Å². The number of ether oxygens (including phenoxy) is 2. The maximum atomic E-state index is 12.6. The molecule has 27 heavy (non-hydrogen) atoms. The van der Waals surface area contributed by atoms with Gasteiger partial charge in [0.15, 0.2) is 0 Å². The minimum Gasteiger partial charge on any atom is -0.492 e. The number of halogens is 1. The molecule has 2 N–H and O–H groups in total. The van der Waals surface area contributed by atoms with Crippen LogP contribution < -0.4 is 20.1 Å². The number of benzene rings is 2. The molecule has 0 saturated carbocycles. The molecule has 3 rings (SSSR count). The van der Waals surface area contributed by atoms with Gasteiger partial charge in [-0.2, -0.15) is 0 Å². The van der Waals surface area contributed by atoms with Gasteiger partial charge in [-0.25, -0.2) is 0 Å². The van der Waals surface area contributed by atoms with Gasteiger partial charge in [-0.05, 0) is 67.4 Å². The van der Waals surface area contributed by atoms with Gasteiger partial charge in [-0.3, -0.25) is 4.79 Å². The standard InChI is InChI=1S/C21H25BrN2O3/c1-5-26-20-10-15-9-13(3)27-19(15)11-18(20)23-14(4)21(25)24-17-7-6-12(2)8-16(17)22/h6-8,10-11,13-14,23H,5,9H2,1-4H3,(H,24,25)/t13-,14+/m1/s1. The molecule has 0 spiro atoms. The lowest BCUT2D eigenvalue weighted by molar-refractivity contribution is -0.116. The summed E-state index contributed by atoms with van der Waals surface area (Å²) in [5.74, 6) is 1.46. The zero-order chi connectivity index (χ0) is 19.6. The van der Waals surface area contributed by atoms with E-state index in [1.54, 1.807) is 0 Å². The van der Waals surface area contributed by atoms with Gasteiger partial charge < -0.3 is 20.1 Å². The van der Waals surface area contributed by atoms with E-state index in [4.69, 9.17) is 9.47 Å². The summed E-state index contributed by atoms with van der Waals surface area (Å²) in [5.41, 5.74) is 3.77. The molecule has 0 aromatic heterocycles. The van der Waals surface area contributed by atoms with E-state index in [0.29, 0.717) is 6.61 Å². The van der Waals surface area contributed by atoms with Crippen LogP contribution in [0.1, 0.15) is 31.9 Å². The second kappa shape index (κ2) is 8.21. The van der Waals surface area contributed by atoms with Crippen molar-refractivity contribution in [3.05, 3.63) is 45.9 Å². The third-order valence-corrected chi connectivity index (χ3v) is 5.10. The molecule has 0 bridgehead atoms. The van der Waals surface area contributed by atoms with Crippen LogP contribution in [0.2, 0.25) is 0 Å².